The predicted molar refractivity (Wildman–Crippen MR) is 128 cm³/mol. The molecule has 0 aliphatic carbocycles. The first-order valence-corrected chi connectivity index (χ1v) is 13.3. The van der Waals surface area contributed by atoms with Crippen molar-refractivity contribution in [3.8, 4) is 0 Å². The summed E-state index contributed by atoms with van der Waals surface area (Å²) in [6.07, 6.45) is -2.26. The lowest BCUT2D eigenvalue weighted by atomic mass is 10.1. The highest BCUT2D eigenvalue weighted by Crippen LogP contribution is 2.43. The summed E-state index contributed by atoms with van der Waals surface area (Å²) in [7, 11) is -3.82. The van der Waals surface area contributed by atoms with Crippen LogP contribution in [0.15, 0.2) is 52.9 Å². The van der Waals surface area contributed by atoms with Gasteiger partial charge in [0.05, 0.1) is 15.5 Å². The Hall–Kier alpha value is -2.83. The van der Waals surface area contributed by atoms with Gasteiger partial charge in [0, 0.05) is 36.0 Å². The van der Waals surface area contributed by atoms with Crippen LogP contribution in [0.3, 0.4) is 0 Å². The molecule has 1 aromatic heterocycles. The summed E-state index contributed by atoms with van der Waals surface area (Å²) in [5.41, 5.74) is 0.599. The highest BCUT2D eigenvalue weighted by molar-refractivity contribution is 7.93. The van der Waals surface area contributed by atoms with Gasteiger partial charge in [0.25, 0.3) is 10.0 Å². The van der Waals surface area contributed by atoms with Crippen LogP contribution < -0.4 is 14.5 Å². The van der Waals surface area contributed by atoms with Gasteiger partial charge in [-0.3, -0.25) is 9.52 Å². The summed E-state index contributed by atoms with van der Waals surface area (Å²) in [6, 6.07) is 7.73. The van der Waals surface area contributed by atoms with Gasteiger partial charge in [-0.05, 0) is 54.8 Å². The maximum absolute atomic E-state index is 13.2. The van der Waals surface area contributed by atoms with Crippen molar-refractivity contribution < 1.29 is 26.4 Å². The van der Waals surface area contributed by atoms with Crippen molar-refractivity contribution in [1.29, 1.82) is 0 Å². The van der Waals surface area contributed by atoms with E-state index in [0.29, 0.717) is 42.9 Å². The number of benzene rings is 2. The molecule has 184 valence electrons. The van der Waals surface area contributed by atoms with Crippen LogP contribution in [0.5, 0.6) is 0 Å². The molecular weight excluding hydrogens is 525 g/mol. The lowest BCUT2D eigenvalue weighted by Crippen LogP contribution is -2.41. The smallest absolute Gasteiger partial charge is 0.359 e. The van der Waals surface area contributed by atoms with Crippen LogP contribution in [0.1, 0.15) is 17.5 Å². The van der Waals surface area contributed by atoms with Gasteiger partial charge in [-0.25, -0.2) is 13.4 Å². The molecule has 1 saturated heterocycles. The van der Waals surface area contributed by atoms with E-state index >= 15 is 0 Å². The van der Waals surface area contributed by atoms with Crippen molar-refractivity contribution in [3.63, 3.8) is 0 Å². The van der Waals surface area contributed by atoms with Gasteiger partial charge in [0.1, 0.15) is 6.04 Å². The van der Waals surface area contributed by atoms with Crippen molar-refractivity contribution in [2.45, 2.75) is 30.0 Å². The fraction of sp³-hybridized carbons (Fsp3) is 0.273. The number of hydrogen-bond acceptors (Lipinski definition) is 6. The molecule has 0 saturated carbocycles. The number of thiazole rings is 1. The molecule has 1 fully saturated rings. The second-order valence-electron chi connectivity index (χ2n) is 8.10. The molecular formula is C22H18ClF3N4O3S2. The molecule has 2 aromatic carbocycles. The Morgan fingerprint density at radius 3 is 2.51 bits per heavy atom. The summed E-state index contributed by atoms with van der Waals surface area (Å²) in [5, 5.41) is 1.58. The van der Waals surface area contributed by atoms with E-state index in [1.807, 2.05) is 0 Å². The molecule has 3 heterocycles. The Bertz CT molecular complexity index is 1380. The summed E-state index contributed by atoms with van der Waals surface area (Å²) in [4.78, 5) is 20.5. The van der Waals surface area contributed by atoms with Gasteiger partial charge >= 0.3 is 6.18 Å². The third-order valence-corrected chi connectivity index (χ3v) is 8.71. The topological polar surface area (TPSA) is 82.6 Å². The Balaban J connectivity index is 1.33. The summed E-state index contributed by atoms with van der Waals surface area (Å²) in [6.45, 7) is 0.785. The number of rotatable bonds is 5. The van der Waals surface area contributed by atoms with E-state index in [1.165, 1.54) is 24.4 Å². The fourth-order valence-electron chi connectivity index (χ4n) is 4.48. The normalized spacial score (nSPS) is 18.3. The van der Waals surface area contributed by atoms with Crippen LogP contribution in [-0.4, -0.2) is 38.4 Å². The van der Waals surface area contributed by atoms with Crippen LogP contribution in [0.4, 0.5) is 29.7 Å². The molecule has 0 spiro atoms. The minimum absolute atomic E-state index is 0.0308. The first kappa shape index (κ1) is 23.9. The van der Waals surface area contributed by atoms with E-state index in [-0.39, 0.29) is 21.0 Å². The second-order valence-corrected chi connectivity index (χ2v) is 11.1. The van der Waals surface area contributed by atoms with Crippen LogP contribution >= 0.6 is 22.9 Å². The SMILES string of the molecule is O=C1[C@@H](N2CCc3c2ccc(C(F)(F)F)c3Cl)CCN1c1ccc(S(=O)(=O)Nc2nccs2)cc1. The number of carbonyl (C=O) groups excluding carboxylic acids is 1. The Kier molecular flexibility index (Phi) is 5.93. The zero-order valence-corrected chi connectivity index (χ0v) is 20.3. The van der Waals surface area contributed by atoms with E-state index in [4.69, 9.17) is 11.6 Å². The average molecular weight is 543 g/mol. The first-order valence-electron chi connectivity index (χ1n) is 10.6. The highest BCUT2D eigenvalue weighted by atomic mass is 35.5. The number of sulfonamides is 1. The largest absolute Gasteiger partial charge is 0.417 e. The third kappa shape index (κ3) is 4.34. The van der Waals surface area contributed by atoms with Crippen molar-refractivity contribution >= 4 is 55.4 Å². The second kappa shape index (κ2) is 8.68. The number of anilines is 3. The molecule has 5 rings (SSSR count). The van der Waals surface area contributed by atoms with E-state index in [2.05, 4.69) is 9.71 Å². The van der Waals surface area contributed by atoms with Crippen molar-refractivity contribution in [3.05, 3.63) is 64.1 Å². The number of nitrogens with one attached hydrogen (secondary N) is 1. The number of nitrogens with zero attached hydrogens (tertiary/aromatic N) is 3. The molecule has 0 unspecified atom stereocenters. The standard InChI is InChI=1S/C22H18ClF3N4O3S2/c23-19-15-7-10-30(17(15)6-5-16(19)22(24,25)26)18-8-11-29(20(18)31)13-1-3-14(4-2-13)35(32,33)28-21-27-9-12-34-21/h1-6,9,12,18H,7-8,10-11H2,(H,27,28)/t18-/m0/s1. The Morgan fingerprint density at radius 1 is 1.11 bits per heavy atom. The summed E-state index contributed by atoms with van der Waals surface area (Å²) in [5.74, 6) is -0.203. The minimum atomic E-state index is -4.55. The minimum Gasteiger partial charge on any atom is -0.359 e. The van der Waals surface area contributed by atoms with Gasteiger partial charge in [0.15, 0.2) is 5.13 Å². The number of aromatic nitrogens is 1. The van der Waals surface area contributed by atoms with Gasteiger partial charge in [0.2, 0.25) is 5.91 Å². The molecule has 2 aliphatic rings. The summed E-state index contributed by atoms with van der Waals surface area (Å²) < 4.78 is 67.1. The van der Waals surface area contributed by atoms with E-state index in [9.17, 15) is 26.4 Å². The molecule has 35 heavy (non-hydrogen) atoms. The van der Waals surface area contributed by atoms with E-state index in [0.717, 1.165) is 17.4 Å². The zero-order chi connectivity index (χ0) is 25.0. The number of fused-ring (bicyclic) bond motifs is 1. The lowest BCUT2D eigenvalue weighted by Gasteiger charge is -2.26. The van der Waals surface area contributed by atoms with Crippen molar-refractivity contribution in [2.24, 2.45) is 0 Å². The molecule has 1 N–H and O–H groups in total. The molecule has 1 amide bonds. The van der Waals surface area contributed by atoms with Crippen LogP contribution in [0, 0.1) is 0 Å². The number of halogens is 4. The van der Waals surface area contributed by atoms with Crippen LogP contribution in [0.25, 0.3) is 0 Å². The number of alkyl halides is 3. The molecule has 7 nitrogen and oxygen atoms in total. The molecule has 1 atom stereocenters. The Morgan fingerprint density at radius 2 is 1.86 bits per heavy atom. The number of amides is 1. The Labute approximate surface area is 208 Å². The number of carbonyl (C=O) groups is 1. The zero-order valence-electron chi connectivity index (χ0n) is 17.9. The highest BCUT2D eigenvalue weighted by Gasteiger charge is 2.41. The van der Waals surface area contributed by atoms with Gasteiger partial charge < -0.3 is 9.80 Å². The molecule has 0 radical (unpaired) electrons. The van der Waals surface area contributed by atoms with Crippen molar-refractivity contribution in [1.82, 2.24) is 4.98 Å². The maximum atomic E-state index is 13.2. The average Bonchev–Trinajstić information content (AvgIpc) is 3.53. The first-order chi connectivity index (χ1) is 16.6. The van der Waals surface area contributed by atoms with Gasteiger partial charge in [-0.15, -0.1) is 11.3 Å². The van der Waals surface area contributed by atoms with Crippen molar-refractivity contribution in [2.75, 3.05) is 27.6 Å². The molecule has 0 bridgehead atoms. The van der Waals surface area contributed by atoms with Crippen LogP contribution in [0.2, 0.25) is 5.02 Å². The van der Waals surface area contributed by atoms with Gasteiger partial charge in [-0.2, -0.15) is 13.2 Å². The summed E-state index contributed by atoms with van der Waals surface area (Å²) >= 11 is 7.22. The predicted octanol–water partition coefficient (Wildman–Crippen LogP) is 4.78. The molecule has 3 aromatic rings. The monoisotopic (exact) mass is 542 g/mol. The molecule has 2 aliphatic heterocycles. The third-order valence-electron chi connectivity index (χ3n) is 6.10. The van der Waals surface area contributed by atoms with Crippen LogP contribution in [-0.2, 0) is 27.4 Å². The quantitative estimate of drug-likeness (QED) is 0.501. The lowest BCUT2D eigenvalue weighted by molar-refractivity contribution is -0.137. The number of hydrogen-bond donors (Lipinski definition) is 1. The van der Waals surface area contributed by atoms with Gasteiger partial charge in [-0.1, -0.05) is 11.6 Å². The fourth-order valence-corrected chi connectivity index (χ4v) is 6.63. The van der Waals surface area contributed by atoms with E-state index < -0.39 is 27.8 Å². The molecule has 13 heteroatoms. The maximum Gasteiger partial charge on any atom is 0.417 e. The van der Waals surface area contributed by atoms with E-state index in [1.54, 1.807) is 27.3 Å².